The Morgan fingerprint density at radius 3 is 2.71 bits per heavy atom. The Bertz CT molecular complexity index is 117. The highest BCUT2D eigenvalue weighted by Gasteiger charge is 1.89. The van der Waals surface area contributed by atoms with Crippen LogP contribution in [-0.2, 0) is 0 Å². The van der Waals surface area contributed by atoms with Crippen LogP contribution in [0.3, 0.4) is 0 Å². The summed E-state index contributed by atoms with van der Waals surface area (Å²) in [6.45, 7) is 0. The maximum Gasteiger partial charge on any atom is 0.0478 e. The third-order valence-corrected chi connectivity index (χ3v) is 4.65. The van der Waals surface area contributed by atoms with Crippen LogP contribution in [0.2, 0.25) is 0 Å². The Hall–Kier alpha value is 0.397. The molecule has 7 heavy (non-hydrogen) atoms. The molecule has 1 rings (SSSR count). The van der Waals surface area contributed by atoms with Crippen LogP contribution in [0.25, 0.3) is 0 Å². The highest BCUT2D eigenvalue weighted by atomic mass is 33.1. The van der Waals surface area contributed by atoms with E-state index in [0.29, 0.717) is 0 Å². The van der Waals surface area contributed by atoms with E-state index in [0.717, 1.165) is 0 Å². The van der Waals surface area contributed by atoms with Gasteiger partial charge < -0.3 is 0 Å². The first-order valence-corrected chi connectivity index (χ1v) is 5.27. The fraction of sp³-hybridized carbons (Fsp3) is 0. The molecule has 1 heterocycles. The van der Waals surface area contributed by atoms with Crippen LogP contribution in [0.15, 0.2) is 22.1 Å². The monoisotopic (exact) mass is 146 g/mol. The highest BCUT2D eigenvalue weighted by Crippen LogP contribution is 2.31. The summed E-state index contributed by atoms with van der Waals surface area (Å²) in [4.78, 5) is 0. The molecule has 0 fully saturated rings. The first-order valence-electron chi connectivity index (χ1n) is 2.06. The van der Waals surface area contributed by atoms with E-state index in [-0.39, 0.29) is 0 Å². The summed E-state index contributed by atoms with van der Waals surface area (Å²) in [6.07, 6.45) is 4.27. The van der Waals surface area contributed by atoms with Crippen LogP contribution >= 0.6 is 21.6 Å². The lowest BCUT2D eigenvalue weighted by molar-refractivity contribution is 2.05. The number of allylic oxidation sites excluding steroid dienone is 2. The van der Waals surface area contributed by atoms with E-state index >= 15 is 0 Å². The number of hydrogen-bond acceptors (Lipinski definition) is 2. The van der Waals surface area contributed by atoms with E-state index in [9.17, 15) is 0 Å². The molecule has 0 radical (unpaired) electrons. The molecule has 3 heteroatoms. The molecular formula is C4H6S2Si. The molecule has 0 unspecified atom stereocenters. The summed E-state index contributed by atoms with van der Waals surface area (Å²) >= 11 is 0. The molecule has 0 bridgehead atoms. The summed E-state index contributed by atoms with van der Waals surface area (Å²) in [5.41, 5.74) is 0. The molecule has 0 saturated carbocycles. The Labute approximate surface area is 54.3 Å². The minimum atomic E-state index is 1.20. The van der Waals surface area contributed by atoms with E-state index in [1.165, 1.54) is 14.8 Å². The van der Waals surface area contributed by atoms with Crippen molar-refractivity contribution in [3.63, 3.8) is 0 Å². The third-order valence-electron chi connectivity index (χ3n) is 0.645. The van der Waals surface area contributed by atoms with Gasteiger partial charge in [-0.25, -0.2) is 0 Å². The van der Waals surface area contributed by atoms with Gasteiger partial charge in [0.15, 0.2) is 0 Å². The quantitative estimate of drug-likeness (QED) is 0.371. The second-order valence-electron chi connectivity index (χ2n) is 1.29. The smallest absolute Gasteiger partial charge is 0.0478 e. The maximum atomic E-state index is 2.17. The molecule has 0 nitrogen and oxygen atoms in total. The van der Waals surface area contributed by atoms with Crippen molar-refractivity contribution in [3.05, 3.63) is 22.1 Å². The second-order valence-corrected chi connectivity index (χ2v) is 5.44. The van der Waals surface area contributed by atoms with E-state index in [4.69, 9.17) is 0 Å². The van der Waals surface area contributed by atoms with Crippen LogP contribution in [0, 0.1) is 0 Å². The predicted molar refractivity (Wildman–Crippen MR) is 42.3 cm³/mol. The van der Waals surface area contributed by atoms with Crippen molar-refractivity contribution in [2.75, 3.05) is 0 Å². The Balaban J connectivity index is 2.57. The van der Waals surface area contributed by atoms with Gasteiger partial charge in [-0.1, -0.05) is 33.7 Å². The summed E-state index contributed by atoms with van der Waals surface area (Å²) in [5.74, 6) is 0. The lowest BCUT2D eigenvalue weighted by Crippen LogP contribution is -1.70. The molecule has 0 aliphatic carbocycles. The topological polar surface area (TPSA) is 0 Å². The molecule has 0 aromatic heterocycles. The van der Waals surface area contributed by atoms with E-state index in [2.05, 4.69) is 17.6 Å². The van der Waals surface area contributed by atoms with Crippen LogP contribution in [0.4, 0.5) is 0 Å². The zero-order valence-electron chi connectivity index (χ0n) is 4.05. The molecule has 0 N–H and O–H groups in total. The van der Waals surface area contributed by atoms with Crippen LogP contribution < -0.4 is 0 Å². The molecule has 0 aromatic rings. The molecule has 0 aromatic carbocycles. The van der Waals surface area contributed by atoms with Crippen molar-refractivity contribution >= 4 is 31.8 Å². The van der Waals surface area contributed by atoms with Gasteiger partial charge in [-0.2, -0.15) is 0 Å². The molecule has 1 aliphatic rings. The van der Waals surface area contributed by atoms with E-state index in [1.807, 2.05) is 10.8 Å². The average molecular weight is 146 g/mol. The SMILES string of the molecule is [SiH3]C1=CC=CSS1. The maximum absolute atomic E-state index is 2.17. The fourth-order valence-corrected chi connectivity index (χ4v) is 2.86. The van der Waals surface area contributed by atoms with Crippen molar-refractivity contribution in [2.24, 2.45) is 0 Å². The Morgan fingerprint density at radius 1 is 1.57 bits per heavy atom. The summed E-state index contributed by atoms with van der Waals surface area (Å²) in [7, 11) is 4.88. The van der Waals surface area contributed by atoms with E-state index < -0.39 is 0 Å². The molecular weight excluding hydrogens is 140 g/mol. The van der Waals surface area contributed by atoms with Crippen molar-refractivity contribution in [1.82, 2.24) is 0 Å². The first-order chi connectivity index (χ1) is 3.39. The molecule has 0 spiro atoms. The first kappa shape index (κ1) is 5.53. The van der Waals surface area contributed by atoms with Crippen molar-refractivity contribution in [2.45, 2.75) is 0 Å². The zero-order valence-corrected chi connectivity index (χ0v) is 7.68. The van der Waals surface area contributed by atoms with E-state index in [1.54, 1.807) is 10.8 Å². The number of hydrogen-bond donors (Lipinski definition) is 0. The summed E-state index contributed by atoms with van der Waals surface area (Å²) in [6, 6.07) is 0. The van der Waals surface area contributed by atoms with Crippen LogP contribution in [0.1, 0.15) is 0 Å². The fourth-order valence-electron chi connectivity index (χ4n) is 0.338. The van der Waals surface area contributed by atoms with Gasteiger partial charge in [0.1, 0.15) is 0 Å². The van der Waals surface area contributed by atoms with Crippen molar-refractivity contribution < 1.29 is 0 Å². The van der Waals surface area contributed by atoms with Gasteiger partial charge in [0.25, 0.3) is 0 Å². The van der Waals surface area contributed by atoms with Crippen LogP contribution in [-0.4, -0.2) is 10.2 Å². The van der Waals surface area contributed by atoms with Crippen molar-refractivity contribution in [3.8, 4) is 0 Å². The highest BCUT2D eigenvalue weighted by molar-refractivity contribution is 8.79. The van der Waals surface area contributed by atoms with Gasteiger partial charge in [-0.3, -0.25) is 0 Å². The minimum Gasteiger partial charge on any atom is -0.0633 e. The van der Waals surface area contributed by atoms with Gasteiger partial charge in [0, 0.05) is 10.2 Å². The summed E-state index contributed by atoms with van der Waals surface area (Å²) in [5, 5.41) is 2.10. The predicted octanol–water partition coefficient (Wildman–Crippen LogP) is 1.10. The molecule has 38 valence electrons. The lowest BCUT2D eigenvalue weighted by Gasteiger charge is -1.97. The summed E-state index contributed by atoms with van der Waals surface area (Å²) < 4.78 is 1.52. The molecule has 0 atom stereocenters. The number of rotatable bonds is 0. The van der Waals surface area contributed by atoms with Gasteiger partial charge in [0.05, 0.1) is 0 Å². The largest absolute Gasteiger partial charge is 0.0633 e. The molecule has 0 amide bonds. The normalized spacial score (nSPS) is 19.7. The molecule has 1 aliphatic heterocycles. The van der Waals surface area contributed by atoms with Gasteiger partial charge >= 0.3 is 0 Å². The standard InChI is InChI=1S/C4H6S2Si/c7-4-2-1-3-5-6-4/h1-3H,7H3. The van der Waals surface area contributed by atoms with Gasteiger partial charge in [0.2, 0.25) is 0 Å². The zero-order chi connectivity index (χ0) is 5.11. The Kier molecular flexibility index (Phi) is 2.09. The lowest BCUT2D eigenvalue weighted by atomic mass is 10.6. The van der Waals surface area contributed by atoms with Gasteiger partial charge in [-0.15, -0.1) is 0 Å². The second kappa shape index (κ2) is 2.64. The Morgan fingerprint density at radius 2 is 2.43 bits per heavy atom. The van der Waals surface area contributed by atoms with Crippen LogP contribution in [0.5, 0.6) is 0 Å². The third kappa shape index (κ3) is 1.75. The average Bonchev–Trinajstić information content (AvgIpc) is 1.69. The van der Waals surface area contributed by atoms with Crippen molar-refractivity contribution in [1.29, 1.82) is 0 Å². The van der Waals surface area contributed by atoms with Gasteiger partial charge in [-0.05, 0) is 9.94 Å². The minimum absolute atomic E-state index is 1.20. The molecule has 0 saturated heterocycles.